The lowest BCUT2D eigenvalue weighted by Gasteiger charge is -2.18. The fraction of sp³-hybridized carbons (Fsp3) is 0.115. The van der Waals surface area contributed by atoms with Crippen molar-refractivity contribution in [2.24, 2.45) is 0 Å². The summed E-state index contributed by atoms with van der Waals surface area (Å²) in [6.07, 6.45) is 0.435. The van der Waals surface area contributed by atoms with Crippen molar-refractivity contribution in [3.05, 3.63) is 105 Å². The molecule has 34 heavy (non-hydrogen) atoms. The first kappa shape index (κ1) is 23.7. The van der Waals surface area contributed by atoms with Crippen LogP contribution in [0, 0.1) is 24.1 Å². The van der Waals surface area contributed by atoms with Gasteiger partial charge in [0.2, 0.25) is 5.91 Å². The minimum absolute atomic E-state index is 0.183. The van der Waals surface area contributed by atoms with Gasteiger partial charge in [-0.3, -0.25) is 14.5 Å². The summed E-state index contributed by atoms with van der Waals surface area (Å²) < 4.78 is 14.4. The van der Waals surface area contributed by atoms with Gasteiger partial charge in [0.05, 0.1) is 5.25 Å². The van der Waals surface area contributed by atoms with Gasteiger partial charge < -0.3 is 5.32 Å². The molecule has 8 heteroatoms. The first-order chi connectivity index (χ1) is 16.4. The third kappa shape index (κ3) is 5.06. The van der Waals surface area contributed by atoms with Gasteiger partial charge in [-0.2, -0.15) is 5.26 Å². The maximum Gasteiger partial charge on any atom is 0.269 e. The molecule has 0 radical (unpaired) electrons. The molecule has 4 rings (SSSR count). The average Bonchev–Trinajstić information content (AvgIpc) is 3.13. The molecule has 1 unspecified atom stereocenters. The minimum Gasteiger partial charge on any atom is -0.321 e. The molecule has 0 aromatic heterocycles. The summed E-state index contributed by atoms with van der Waals surface area (Å²) in [5.74, 6) is -1.33. The third-order valence-electron chi connectivity index (χ3n) is 5.36. The van der Waals surface area contributed by atoms with E-state index in [0.717, 1.165) is 15.6 Å². The van der Waals surface area contributed by atoms with Crippen molar-refractivity contribution in [1.29, 1.82) is 5.26 Å². The Balaban J connectivity index is 1.73. The molecule has 1 saturated heterocycles. The molecule has 3 aromatic carbocycles. The van der Waals surface area contributed by atoms with Crippen LogP contribution in [0.5, 0.6) is 0 Å². The smallest absolute Gasteiger partial charge is 0.269 e. The molecule has 1 atom stereocenters. The number of nitrogens with zero attached hydrogens (tertiary/aromatic N) is 2. The number of nitriles is 1. The van der Waals surface area contributed by atoms with E-state index in [9.17, 15) is 19.2 Å². The summed E-state index contributed by atoms with van der Waals surface area (Å²) in [4.78, 5) is 27.9. The van der Waals surface area contributed by atoms with Crippen LogP contribution in [0.3, 0.4) is 0 Å². The minimum atomic E-state index is -0.622. The second-order valence-electron chi connectivity index (χ2n) is 7.64. The van der Waals surface area contributed by atoms with E-state index in [-0.39, 0.29) is 16.5 Å². The summed E-state index contributed by atoms with van der Waals surface area (Å²) in [6, 6.07) is 22.1. The van der Waals surface area contributed by atoms with Crippen molar-refractivity contribution >= 4 is 50.9 Å². The van der Waals surface area contributed by atoms with Crippen LogP contribution < -0.4 is 10.2 Å². The van der Waals surface area contributed by atoms with Crippen LogP contribution in [0.1, 0.15) is 11.1 Å². The maximum atomic E-state index is 13.6. The van der Waals surface area contributed by atoms with E-state index in [1.54, 1.807) is 24.3 Å². The van der Waals surface area contributed by atoms with E-state index in [1.807, 2.05) is 37.3 Å². The zero-order chi connectivity index (χ0) is 24.2. The highest BCUT2D eigenvalue weighted by Crippen LogP contribution is 2.42. The largest absolute Gasteiger partial charge is 0.321 e. The molecular formula is C26H19BrFN3O2S. The summed E-state index contributed by atoms with van der Waals surface area (Å²) >= 11 is 4.52. The normalized spacial score (nSPS) is 16.8. The van der Waals surface area contributed by atoms with Crippen molar-refractivity contribution in [1.82, 2.24) is 0 Å². The molecule has 1 aliphatic heterocycles. The van der Waals surface area contributed by atoms with Crippen LogP contribution in [-0.2, 0) is 16.0 Å². The number of carbonyl (C=O) groups excluding carboxylic acids is 2. The number of hydrogen-bond donors (Lipinski definition) is 1. The lowest BCUT2D eigenvalue weighted by molar-refractivity contribution is -0.117. The standard InChI is InChI=1S/C26H19BrFN3O2S/c1-16-4-2-3-5-17(16)14-23-25(33)31(21-12-8-19(28)9-13-21)26(34-23)22(15-29)24(32)30-20-10-6-18(27)7-11-20/h2-13,23H,14H2,1H3,(H,30,32)/b26-22-. The van der Waals surface area contributed by atoms with Crippen molar-refractivity contribution in [2.75, 3.05) is 10.2 Å². The number of thioether (sulfide) groups is 1. The van der Waals surface area contributed by atoms with E-state index < -0.39 is 17.0 Å². The zero-order valence-corrected chi connectivity index (χ0v) is 20.5. The lowest BCUT2D eigenvalue weighted by Crippen LogP contribution is -2.31. The van der Waals surface area contributed by atoms with E-state index in [0.29, 0.717) is 17.8 Å². The van der Waals surface area contributed by atoms with Gasteiger partial charge in [0.15, 0.2) is 0 Å². The van der Waals surface area contributed by atoms with Crippen LogP contribution in [-0.4, -0.2) is 17.1 Å². The number of aryl methyl sites for hydroxylation is 1. The number of carbonyl (C=O) groups is 2. The van der Waals surface area contributed by atoms with Gasteiger partial charge >= 0.3 is 0 Å². The molecule has 3 aromatic rings. The van der Waals surface area contributed by atoms with Gasteiger partial charge in [-0.05, 0) is 73.0 Å². The van der Waals surface area contributed by atoms with Crippen LogP contribution >= 0.6 is 27.7 Å². The molecule has 2 amide bonds. The SMILES string of the molecule is Cc1ccccc1CC1S/C(=C(/C#N)C(=O)Nc2ccc(Br)cc2)N(c2ccc(F)cc2)C1=O. The van der Waals surface area contributed by atoms with Crippen LogP contribution in [0.25, 0.3) is 0 Å². The average molecular weight is 536 g/mol. The second kappa shape index (κ2) is 10.2. The van der Waals surface area contributed by atoms with Gasteiger partial charge in [-0.15, -0.1) is 0 Å². The Morgan fingerprint density at radius 3 is 2.44 bits per heavy atom. The van der Waals surface area contributed by atoms with Crippen LogP contribution in [0.4, 0.5) is 15.8 Å². The molecule has 1 N–H and O–H groups in total. The molecule has 1 fully saturated rings. The number of amides is 2. The maximum absolute atomic E-state index is 13.6. The van der Waals surface area contributed by atoms with E-state index in [4.69, 9.17) is 0 Å². The number of rotatable bonds is 5. The highest BCUT2D eigenvalue weighted by Gasteiger charge is 2.41. The molecule has 0 saturated carbocycles. The Morgan fingerprint density at radius 2 is 1.79 bits per heavy atom. The van der Waals surface area contributed by atoms with Crippen molar-refractivity contribution in [3.8, 4) is 6.07 Å². The van der Waals surface area contributed by atoms with Gasteiger partial charge in [0.1, 0.15) is 22.5 Å². The van der Waals surface area contributed by atoms with Crippen molar-refractivity contribution in [3.63, 3.8) is 0 Å². The molecule has 1 heterocycles. The molecule has 1 aliphatic rings. The lowest BCUT2D eigenvalue weighted by atomic mass is 10.0. The van der Waals surface area contributed by atoms with Crippen LogP contribution in [0.15, 0.2) is 87.9 Å². The quantitative estimate of drug-likeness (QED) is 0.323. The van der Waals surface area contributed by atoms with E-state index >= 15 is 0 Å². The monoisotopic (exact) mass is 535 g/mol. The molecule has 0 bridgehead atoms. The van der Waals surface area contributed by atoms with Crippen molar-refractivity contribution in [2.45, 2.75) is 18.6 Å². The molecular weight excluding hydrogens is 517 g/mol. The first-order valence-corrected chi connectivity index (χ1v) is 12.1. The number of halogens is 2. The number of benzene rings is 3. The summed E-state index contributed by atoms with van der Waals surface area (Å²) in [6.45, 7) is 1.97. The van der Waals surface area contributed by atoms with Gasteiger partial charge in [0.25, 0.3) is 5.91 Å². The highest BCUT2D eigenvalue weighted by molar-refractivity contribution is 9.10. The first-order valence-electron chi connectivity index (χ1n) is 10.4. The summed E-state index contributed by atoms with van der Waals surface area (Å²) in [5, 5.41) is 12.3. The topological polar surface area (TPSA) is 73.2 Å². The Bertz CT molecular complexity index is 1320. The summed E-state index contributed by atoms with van der Waals surface area (Å²) in [5.41, 5.74) is 2.78. The highest BCUT2D eigenvalue weighted by atomic mass is 79.9. The number of anilines is 2. The fourth-order valence-corrected chi connectivity index (χ4v) is 5.14. The molecule has 170 valence electrons. The van der Waals surface area contributed by atoms with Gasteiger partial charge in [-0.1, -0.05) is 52.0 Å². The predicted octanol–water partition coefficient (Wildman–Crippen LogP) is 5.96. The summed E-state index contributed by atoms with van der Waals surface area (Å²) in [7, 11) is 0. The Labute approximate surface area is 209 Å². The Kier molecular flexibility index (Phi) is 7.15. The number of nitrogens with one attached hydrogen (secondary N) is 1. The Hall–Kier alpha value is -3.41. The second-order valence-corrected chi connectivity index (χ2v) is 9.75. The van der Waals surface area contributed by atoms with Gasteiger partial charge in [-0.25, -0.2) is 4.39 Å². The van der Waals surface area contributed by atoms with Crippen molar-refractivity contribution < 1.29 is 14.0 Å². The fourth-order valence-electron chi connectivity index (χ4n) is 3.58. The molecule has 5 nitrogen and oxygen atoms in total. The van der Waals surface area contributed by atoms with Crippen LogP contribution in [0.2, 0.25) is 0 Å². The molecule has 0 aliphatic carbocycles. The van der Waals surface area contributed by atoms with Gasteiger partial charge in [0, 0.05) is 15.8 Å². The zero-order valence-electron chi connectivity index (χ0n) is 18.1. The Morgan fingerprint density at radius 1 is 1.12 bits per heavy atom. The predicted molar refractivity (Wildman–Crippen MR) is 136 cm³/mol. The van der Waals surface area contributed by atoms with E-state index in [2.05, 4.69) is 21.2 Å². The number of hydrogen-bond acceptors (Lipinski definition) is 4. The third-order valence-corrected chi connectivity index (χ3v) is 7.15. The van der Waals surface area contributed by atoms with E-state index in [1.165, 1.54) is 40.9 Å². The molecule has 0 spiro atoms.